The quantitative estimate of drug-likeness (QED) is 0.576. The Morgan fingerprint density at radius 3 is 2.65 bits per heavy atom. The number of non-ortho nitro benzene ring substituents is 1. The molecule has 0 saturated carbocycles. The van der Waals surface area contributed by atoms with E-state index in [1.54, 1.807) is 6.92 Å². The fourth-order valence-corrected chi connectivity index (χ4v) is 2.57. The summed E-state index contributed by atoms with van der Waals surface area (Å²) < 4.78 is 25.9. The first-order valence-electron chi connectivity index (χ1n) is 4.83. The van der Waals surface area contributed by atoms with Crippen LogP contribution < -0.4 is 10.5 Å². The summed E-state index contributed by atoms with van der Waals surface area (Å²) >= 11 is 0. The average Bonchev–Trinajstić information content (AvgIpc) is 2.26. The Morgan fingerprint density at radius 1 is 1.47 bits per heavy atom. The van der Waals surface area contributed by atoms with Gasteiger partial charge in [-0.15, -0.1) is 0 Å². The van der Waals surface area contributed by atoms with E-state index in [0.717, 1.165) is 6.07 Å². The van der Waals surface area contributed by atoms with E-state index in [0.29, 0.717) is 5.56 Å². The van der Waals surface area contributed by atoms with Crippen LogP contribution in [0.1, 0.15) is 5.56 Å². The van der Waals surface area contributed by atoms with E-state index >= 15 is 0 Å². The molecule has 0 aliphatic rings. The van der Waals surface area contributed by atoms with Crippen molar-refractivity contribution < 1.29 is 13.3 Å². The van der Waals surface area contributed by atoms with Crippen LogP contribution >= 0.6 is 0 Å². The molecule has 0 saturated heterocycles. The number of hydrogen-bond acceptors (Lipinski definition) is 5. The molecule has 0 spiro atoms. The second-order valence-electron chi connectivity index (χ2n) is 3.39. The lowest BCUT2D eigenvalue weighted by molar-refractivity contribution is -0.385. The molecule has 7 nitrogen and oxygen atoms in total. The third-order valence-corrected chi connectivity index (χ3v) is 3.71. The highest BCUT2D eigenvalue weighted by molar-refractivity contribution is 7.89. The van der Waals surface area contributed by atoms with Crippen LogP contribution in [-0.2, 0) is 10.0 Å². The first-order valence-corrected chi connectivity index (χ1v) is 6.31. The highest BCUT2D eigenvalue weighted by atomic mass is 32.2. The van der Waals surface area contributed by atoms with Gasteiger partial charge in [0.2, 0.25) is 10.0 Å². The van der Waals surface area contributed by atoms with Gasteiger partial charge in [0, 0.05) is 25.2 Å². The zero-order chi connectivity index (χ0) is 13.1. The zero-order valence-electron chi connectivity index (χ0n) is 9.21. The summed E-state index contributed by atoms with van der Waals surface area (Å²) in [6, 6.07) is 3.70. The number of benzene rings is 1. The molecule has 0 atom stereocenters. The molecule has 0 amide bonds. The van der Waals surface area contributed by atoms with Crippen LogP contribution in [0.2, 0.25) is 0 Å². The predicted octanol–water partition coefficient (Wildman–Crippen LogP) is 0.140. The topological polar surface area (TPSA) is 115 Å². The molecule has 94 valence electrons. The Morgan fingerprint density at radius 2 is 2.12 bits per heavy atom. The highest BCUT2D eigenvalue weighted by Gasteiger charge is 2.19. The molecule has 0 fully saturated rings. The van der Waals surface area contributed by atoms with Gasteiger partial charge in [0.1, 0.15) is 0 Å². The van der Waals surface area contributed by atoms with Gasteiger partial charge in [-0.25, -0.2) is 13.1 Å². The van der Waals surface area contributed by atoms with E-state index in [2.05, 4.69) is 4.72 Å². The van der Waals surface area contributed by atoms with Crippen LogP contribution in [0, 0.1) is 17.0 Å². The van der Waals surface area contributed by atoms with Crippen molar-refractivity contribution in [3.63, 3.8) is 0 Å². The van der Waals surface area contributed by atoms with Crippen molar-refractivity contribution in [3.05, 3.63) is 33.9 Å². The molecule has 0 aromatic heterocycles. The van der Waals surface area contributed by atoms with Gasteiger partial charge in [-0.2, -0.15) is 0 Å². The van der Waals surface area contributed by atoms with Crippen LogP contribution in [-0.4, -0.2) is 26.4 Å². The number of rotatable bonds is 5. The van der Waals surface area contributed by atoms with E-state index in [1.165, 1.54) is 12.1 Å². The number of nitrogens with zero attached hydrogens (tertiary/aromatic N) is 1. The molecule has 0 radical (unpaired) electrons. The molecule has 0 aliphatic heterocycles. The van der Waals surface area contributed by atoms with Crippen molar-refractivity contribution >= 4 is 15.7 Å². The summed E-state index contributed by atoms with van der Waals surface area (Å²) in [5.74, 6) is 0. The summed E-state index contributed by atoms with van der Waals surface area (Å²) in [6.07, 6.45) is 0. The number of aryl methyl sites for hydroxylation is 1. The van der Waals surface area contributed by atoms with Gasteiger partial charge in [0.05, 0.1) is 9.82 Å². The van der Waals surface area contributed by atoms with Crippen molar-refractivity contribution in [2.45, 2.75) is 11.8 Å². The van der Waals surface area contributed by atoms with Gasteiger partial charge in [0.25, 0.3) is 5.69 Å². The second kappa shape index (κ2) is 5.21. The van der Waals surface area contributed by atoms with Crippen molar-refractivity contribution in [1.29, 1.82) is 0 Å². The van der Waals surface area contributed by atoms with Gasteiger partial charge in [0.15, 0.2) is 0 Å². The predicted molar refractivity (Wildman–Crippen MR) is 62.1 cm³/mol. The van der Waals surface area contributed by atoms with E-state index in [-0.39, 0.29) is 23.7 Å². The summed E-state index contributed by atoms with van der Waals surface area (Å²) in [6.45, 7) is 1.82. The van der Waals surface area contributed by atoms with Gasteiger partial charge in [-0.3, -0.25) is 10.1 Å². The average molecular weight is 259 g/mol. The van der Waals surface area contributed by atoms with Gasteiger partial charge >= 0.3 is 0 Å². The number of nitrogens with two attached hydrogens (primary N) is 1. The Balaban J connectivity index is 3.20. The fourth-order valence-electron chi connectivity index (χ4n) is 1.26. The first-order chi connectivity index (χ1) is 7.88. The fraction of sp³-hybridized carbons (Fsp3) is 0.333. The molecule has 17 heavy (non-hydrogen) atoms. The highest BCUT2D eigenvalue weighted by Crippen LogP contribution is 2.21. The van der Waals surface area contributed by atoms with Gasteiger partial charge in [-0.1, -0.05) is 6.07 Å². The minimum Gasteiger partial charge on any atom is -0.329 e. The lowest BCUT2D eigenvalue weighted by atomic mass is 10.2. The molecule has 0 bridgehead atoms. The molecular weight excluding hydrogens is 246 g/mol. The molecule has 0 unspecified atom stereocenters. The summed E-state index contributed by atoms with van der Waals surface area (Å²) in [4.78, 5) is 9.84. The Kier molecular flexibility index (Phi) is 4.16. The smallest absolute Gasteiger partial charge is 0.270 e. The van der Waals surface area contributed by atoms with Crippen molar-refractivity contribution in [1.82, 2.24) is 4.72 Å². The minimum absolute atomic E-state index is 0.0878. The van der Waals surface area contributed by atoms with Crippen LogP contribution in [0.5, 0.6) is 0 Å². The van der Waals surface area contributed by atoms with Gasteiger partial charge < -0.3 is 5.73 Å². The molecule has 3 N–H and O–H groups in total. The number of nitro benzene ring substituents is 1. The number of nitro groups is 1. The van der Waals surface area contributed by atoms with E-state index in [4.69, 9.17) is 5.73 Å². The lowest BCUT2D eigenvalue weighted by Gasteiger charge is -2.08. The maximum absolute atomic E-state index is 11.8. The largest absolute Gasteiger partial charge is 0.329 e. The zero-order valence-corrected chi connectivity index (χ0v) is 10.0. The summed E-state index contributed by atoms with van der Waals surface area (Å²) in [5.41, 5.74) is 5.38. The molecule has 0 aliphatic carbocycles. The normalized spacial score (nSPS) is 11.4. The Labute approximate surface area is 98.8 Å². The van der Waals surface area contributed by atoms with E-state index in [9.17, 15) is 18.5 Å². The Bertz CT molecular complexity index is 527. The lowest BCUT2D eigenvalue weighted by Crippen LogP contribution is -2.29. The molecular formula is C9H13N3O4S. The van der Waals surface area contributed by atoms with Crippen molar-refractivity contribution in [2.75, 3.05) is 13.1 Å². The maximum atomic E-state index is 11.8. The van der Waals surface area contributed by atoms with Gasteiger partial charge in [-0.05, 0) is 12.5 Å². The molecule has 0 heterocycles. The minimum atomic E-state index is -3.74. The van der Waals surface area contributed by atoms with E-state index in [1.807, 2.05) is 0 Å². The second-order valence-corrected chi connectivity index (χ2v) is 5.13. The SMILES string of the molecule is Cc1ccc([N+](=O)[O-])cc1S(=O)(=O)NCCN. The monoisotopic (exact) mass is 259 g/mol. The molecule has 1 rings (SSSR count). The van der Waals surface area contributed by atoms with Crippen LogP contribution in [0.15, 0.2) is 23.1 Å². The summed E-state index contributed by atoms with van der Waals surface area (Å²) in [7, 11) is -3.74. The Hall–Kier alpha value is -1.51. The summed E-state index contributed by atoms with van der Waals surface area (Å²) in [5, 5.41) is 10.6. The van der Waals surface area contributed by atoms with Crippen molar-refractivity contribution in [2.24, 2.45) is 5.73 Å². The standard InChI is InChI=1S/C9H13N3O4S/c1-7-2-3-8(12(13)14)6-9(7)17(15,16)11-5-4-10/h2-3,6,11H,4-5,10H2,1H3. The third-order valence-electron chi connectivity index (χ3n) is 2.11. The molecule has 8 heteroatoms. The molecule has 1 aromatic rings. The number of sulfonamides is 1. The third kappa shape index (κ3) is 3.22. The molecule has 1 aromatic carbocycles. The number of hydrogen-bond donors (Lipinski definition) is 2. The van der Waals surface area contributed by atoms with Crippen molar-refractivity contribution in [3.8, 4) is 0 Å². The van der Waals surface area contributed by atoms with Crippen LogP contribution in [0.4, 0.5) is 5.69 Å². The van der Waals surface area contributed by atoms with Crippen LogP contribution in [0.25, 0.3) is 0 Å². The van der Waals surface area contributed by atoms with Crippen LogP contribution in [0.3, 0.4) is 0 Å². The first kappa shape index (κ1) is 13.6. The van der Waals surface area contributed by atoms with E-state index < -0.39 is 14.9 Å². The maximum Gasteiger partial charge on any atom is 0.270 e. The number of nitrogens with one attached hydrogen (secondary N) is 1.